The van der Waals surface area contributed by atoms with Crippen LogP contribution in [0.15, 0.2) is 23.8 Å². The minimum atomic E-state index is 0.0278. The quantitative estimate of drug-likeness (QED) is 0.786. The smallest absolute Gasteiger partial charge is 0.225 e. The first kappa shape index (κ1) is 14.7. The molecule has 0 saturated carbocycles. The minimum Gasteiger partial charge on any atom is -0.309 e. The van der Waals surface area contributed by atoms with Gasteiger partial charge in [0.1, 0.15) is 0 Å². The molecule has 1 N–H and O–H groups in total. The highest BCUT2D eigenvalue weighted by Crippen LogP contribution is 2.20. The van der Waals surface area contributed by atoms with E-state index in [1.165, 1.54) is 11.3 Å². The zero-order valence-corrected chi connectivity index (χ0v) is 12.6. The lowest BCUT2D eigenvalue weighted by molar-refractivity contribution is -0.116. The zero-order chi connectivity index (χ0) is 14.4. The standard InChI is InChI=1S/C13H19N5OS/c1-3-18(11(2)19)13-16-12(10-20-13)9-14-6-8-17-7-4-5-15-17/h4-5,7,10,14H,3,6,8-9H2,1-2H3. The number of rotatable bonds is 7. The molecule has 2 heterocycles. The number of nitrogens with zero attached hydrogens (tertiary/aromatic N) is 4. The van der Waals surface area contributed by atoms with Crippen LogP contribution >= 0.6 is 11.3 Å². The highest BCUT2D eigenvalue weighted by atomic mass is 32.1. The van der Waals surface area contributed by atoms with Gasteiger partial charge >= 0.3 is 0 Å². The number of amides is 1. The fourth-order valence-electron chi connectivity index (χ4n) is 1.84. The number of thiazole rings is 1. The third-order valence-electron chi connectivity index (χ3n) is 2.85. The maximum absolute atomic E-state index is 11.4. The lowest BCUT2D eigenvalue weighted by Crippen LogP contribution is -2.27. The molecule has 0 bridgehead atoms. The maximum atomic E-state index is 11.4. The Bertz CT molecular complexity index is 537. The first-order chi connectivity index (χ1) is 9.70. The van der Waals surface area contributed by atoms with Crippen molar-refractivity contribution in [2.45, 2.75) is 26.9 Å². The number of carbonyl (C=O) groups excluding carboxylic acids is 1. The first-order valence-corrected chi connectivity index (χ1v) is 7.49. The molecule has 0 spiro atoms. The topological polar surface area (TPSA) is 63.1 Å². The van der Waals surface area contributed by atoms with E-state index in [0.717, 1.165) is 23.9 Å². The average Bonchev–Trinajstić information content (AvgIpc) is 3.06. The van der Waals surface area contributed by atoms with Crippen LogP contribution < -0.4 is 10.2 Å². The number of nitrogens with one attached hydrogen (secondary N) is 1. The fraction of sp³-hybridized carbons (Fsp3) is 0.462. The van der Waals surface area contributed by atoms with Crippen LogP contribution in [0.2, 0.25) is 0 Å². The largest absolute Gasteiger partial charge is 0.309 e. The van der Waals surface area contributed by atoms with Gasteiger partial charge in [-0.3, -0.25) is 14.4 Å². The van der Waals surface area contributed by atoms with E-state index in [1.54, 1.807) is 18.0 Å². The molecule has 6 nitrogen and oxygen atoms in total. The molecule has 2 rings (SSSR count). The normalized spacial score (nSPS) is 10.7. The van der Waals surface area contributed by atoms with Crippen molar-refractivity contribution in [3.8, 4) is 0 Å². The Kier molecular flexibility index (Phi) is 5.25. The average molecular weight is 293 g/mol. The van der Waals surface area contributed by atoms with Crippen molar-refractivity contribution in [3.63, 3.8) is 0 Å². The summed E-state index contributed by atoms with van der Waals surface area (Å²) in [5.74, 6) is 0.0278. The molecule has 2 aromatic heterocycles. The molecule has 0 saturated heterocycles. The van der Waals surface area contributed by atoms with E-state index in [1.807, 2.05) is 29.2 Å². The van der Waals surface area contributed by atoms with E-state index in [0.29, 0.717) is 13.1 Å². The second-order valence-corrected chi connectivity index (χ2v) is 5.17. The second kappa shape index (κ2) is 7.16. The summed E-state index contributed by atoms with van der Waals surface area (Å²) < 4.78 is 1.88. The Morgan fingerprint density at radius 3 is 3.05 bits per heavy atom. The highest BCUT2D eigenvalue weighted by Gasteiger charge is 2.12. The van der Waals surface area contributed by atoms with Crippen molar-refractivity contribution >= 4 is 22.4 Å². The van der Waals surface area contributed by atoms with Gasteiger partial charge in [-0.15, -0.1) is 11.3 Å². The van der Waals surface area contributed by atoms with Crippen LogP contribution in [-0.2, 0) is 17.9 Å². The van der Waals surface area contributed by atoms with E-state index in [2.05, 4.69) is 15.4 Å². The van der Waals surface area contributed by atoms with Crippen molar-refractivity contribution in [3.05, 3.63) is 29.5 Å². The molecule has 0 aliphatic heterocycles. The number of carbonyl (C=O) groups is 1. The molecule has 0 radical (unpaired) electrons. The Hall–Kier alpha value is -1.73. The molecule has 0 aromatic carbocycles. The highest BCUT2D eigenvalue weighted by molar-refractivity contribution is 7.14. The van der Waals surface area contributed by atoms with Crippen molar-refractivity contribution in [2.24, 2.45) is 0 Å². The monoisotopic (exact) mass is 293 g/mol. The summed E-state index contributed by atoms with van der Waals surface area (Å²) in [6.45, 7) is 6.53. The van der Waals surface area contributed by atoms with Crippen molar-refractivity contribution < 1.29 is 4.79 Å². The van der Waals surface area contributed by atoms with E-state index in [4.69, 9.17) is 0 Å². The number of hydrogen-bond donors (Lipinski definition) is 1. The molecule has 0 aliphatic carbocycles. The predicted octanol–water partition coefficient (Wildman–Crippen LogP) is 1.50. The lowest BCUT2D eigenvalue weighted by atomic mass is 10.4. The van der Waals surface area contributed by atoms with Crippen LogP contribution in [0.25, 0.3) is 0 Å². The van der Waals surface area contributed by atoms with Crippen LogP contribution in [0, 0.1) is 0 Å². The third-order valence-corrected chi connectivity index (χ3v) is 3.76. The maximum Gasteiger partial charge on any atom is 0.225 e. The van der Waals surface area contributed by atoms with Gasteiger partial charge in [0, 0.05) is 44.3 Å². The van der Waals surface area contributed by atoms with E-state index in [-0.39, 0.29) is 5.91 Å². The number of hydrogen-bond acceptors (Lipinski definition) is 5. The SMILES string of the molecule is CCN(C(C)=O)c1nc(CNCCn2cccn2)cs1. The molecule has 0 aliphatic rings. The number of anilines is 1. The van der Waals surface area contributed by atoms with Crippen LogP contribution in [0.1, 0.15) is 19.5 Å². The van der Waals surface area contributed by atoms with Crippen molar-refractivity contribution in [1.29, 1.82) is 0 Å². The summed E-state index contributed by atoms with van der Waals surface area (Å²) in [4.78, 5) is 17.6. The van der Waals surface area contributed by atoms with Crippen LogP contribution in [0.4, 0.5) is 5.13 Å². The molecule has 7 heteroatoms. The van der Waals surface area contributed by atoms with Crippen molar-refractivity contribution in [2.75, 3.05) is 18.0 Å². The van der Waals surface area contributed by atoms with Gasteiger partial charge in [-0.25, -0.2) is 4.98 Å². The van der Waals surface area contributed by atoms with Gasteiger partial charge in [0.2, 0.25) is 5.91 Å². The summed E-state index contributed by atoms with van der Waals surface area (Å²) in [5.41, 5.74) is 0.963. The van der Waals surface area contributed by atoms with Gasteiger partial charge in [-0.1, -0.05) is 0 Å². The summed E-state index contributed by atoms with van der Waals surface area (Å²) in [6.07, 6.45) is 3.71. The van der Waals surface area contributed by atoms with Crippen molar-refractivity contribution in [1.82, 2.24) is 20.1 Å². The molecule has 108 valence electrons. The van der Waals surface area contributed by atoms with E-state index >= 15 is 0 Å². The summed E-state index contributed by atoms with van der Waals surface area (Å²) >= 11 is 1.50. The van der Waals surface area contributed by atoms with E-state index in [9.17, 15) is 4.79 Å². The van der Waals surface area contributed by atoms with Gasteiger partial charge in [0.15, 0.2) is 5.13 Å². The van der Waals surface area contributed by atoms with E-state index < -0.39 is 0 Å². The number of aromatic nitrogens is 3. The zero-order valence-electron chi connectivity index (χ0n) is 11.7. The Balaban J connectivity index is 1.79. The van der Waals surface area contributed by atoms with Gasteiger partial charge in [-0.2, -0.15) is 5.10 Å². The summed E-state index contributed by atoms with van der Waals surface area (Å²) in [7, 11) is 0. The molecular formula is C13H19N5OS. The summed E-state index contributed by atoms with van der Waals surface area (Å²) in [5, 5.41) is 10.2. The summed E-state index contributed by atoms with van der Waals surface area (Å²) in [6, 6.07) is 1.91. The van der Waals surface area contributed by atoms with Gasteiger partial charge < -0.3 is 5.32 Å². The Labute approximate surface area is 122 Å². The van der Waals surface area contributed by atoms with Crippen LogP contribution in [0.5, 0.6) is 0 Å². The molecule has 0 fully saturated rings. The predicted molar refractivity (Wildman–Crippen MR) is 79.7 cm³/mol. The van der Waals surface area contributed by atoms with Crippen LogP contribution in [0.3, 0.4) is 0 Å². The molecule has 0 atom stereocenters. The minimum absolute atomic E-state index is 0.0278. The Morgan fingerprint density at radius 1 is 1.55 bits per heavy atom. The molecular weight excluding hydrogens is 274 g/mol. The Morgan fingerprint density at radius 2 is 2.40 bits per heavy atom. The fourth-order valence-corrected chi connectivity index (χ4v) is 2.77. The molecule has 20 heavy (non-hydrogen) atoms. The molecule has 0 unspecified atom stereocenters. The molecule has 1 amide bonds. The second-order valence-electron chi connectivity index (χ2n) is 4.33. The van der Waals surface area contributed by atoms with Crippen LogP contribution in [-0.4, -0.2) is 33.8 Å². The lowest BCUT2D eigenvalue weighted by Gasteiger charge is -2.14. The molecule has 2 aromatic rings. The van der Waals surface area contributed by atoms with Gasteiger partial charge in [-0.05, 0) is 13.0 Å². The first-order valence-electron chi connectivity index (χ1n) is 6.61. The van der Waals surface area contributed by atoms with Gasteiger partial charge in [0.05, 0.1) is 12.2 Å². The van der Waals surface area contributed by atoms with Gasteiger partial charge in [0.25, 0.3) is 0 Å². The third kappa shape index (κ3) is 3.88.